The Kier molecular flexibility index (Phi) is 1.26. The quantitative estimate of drug-likeness (QED) is 0.505. The summed E-state index contributed by atoms with van der Waals surface area (Å²) in [5, 5.41) is 9.84. The molecule has 1 nitrogen and oxygen atoms in total. The molecule has 3 heteroatoms. The van der Waals surface area contributed by atoms with Gasteiger partial charge in [-0.15, -0.1) is 0 Å². The number of hydrogen-bond donors (Lipinski definition) is 1. The van der Waals surface area contributed by atoms with E-state index in [9.17, 15) is 9.50 Å². The third kappa shape index (κ3) is 0.702. The molecule has 0 saturated heterocycles. The van der Waals surface area contributed by atoms with Crippen LogP contribution < -0.4 is 0 Å². The predicted molar refractivity (Wildman–Crippen MR) is 43.8 cm³/mol. The van der Waals surface area contributed by atoms with Crippen molar-refractivity contribution < 1.29 is 9.50 Å². The SMILES string of the molecule is BC1(F)C2CCC(C2)C1(C)O. The van der Waals surface area contributed by atoms with Gasteiger partial charge >= 0.3 is 0 Å². The summed E-state index contributed by atoms with van der Waals surface area (Å²) in [7, 11) is 1.55. The van der Waals surface area contributed by atoms with Crippen molar-refractivity contribution in [3.05, 3.63) is 0 Å². The smallest absolute Gasteiger partial charge is 0.154 e. The van der Waals surface area contributed by atoms with Gasteiger partial charge in [-0.25, -0.2) is 0 Å². The van der Waals surface area contributed by atoms with Crippen LogP contribution in [0.1, 0.15) is 26.2 Å². The molecule has 2 rings (SSSR count). The first kappa shape index (κ1) is 7.60. The Labute approximate surface area is 67.4 Å². The van der Waals surface area contributed by atoms with Crippen LogP contribution in [0.3, 0.4) is 0 Å². The second kappa shape index (κ2) is 1.82. The van der Waals surface area contributed by atoms with Gasteiger partial charge in [-0.05, 0) is 38.0 Å². The van der Waals surface area contributed by atoms with Crippen LogP contribution in [0.15, 0.2) is 0 Å². The van der Waals surface area contributed by atoms with E-state index in [0.29, 0.717) is 0 Å². The molecule has 0 aromatic heterocycles. The Morgan fingerprint density at radius 3 is 2.27 bits per heavy atom. The molecule has 2 aliphatic rings. The van der Waals surface area contributed by atoms with Crippen LogP contribution in [-0.4, -0.2) is 24.1 Å². The number of aliphatic hydroxyl groups is 1. The molecule has 0 aromatic carbocycles. The molecule has 0 amide bonds. The largest absolute Gasteiger partial charge is 0.387 e. The Balaban J connectivity index is 2.36. The summed E-state index contributed by atoms with van der Waals surface area (Å²) in [6.45, 7) is 1.65. The number of alkyl halides is 1. The molecule has 0 aromatic rings. The van der Waals surface area contributed by atoms with Crippen molar-refractivity contribution in [3.8, 4) is 0 Å². The van der Waals surface area contributed by atoms with Gasteiger partial charge in [-0.1, -0.05) is 0 Å². The van der Waals surface area contributed by atoms with Gasteiger partial charge in [0.05, 0.1) is 5.60 Å². The van der Waals surface area contributed by atoms with Crippen LogP contribution in [0.5, 0.6) is 0 Å². The third-order valence-corrected chi connectivity index (χ3v) is 3.98. The summed E-state index contributed by atoms with van der Waals surface area (Å²) in [4.78, 5) is 0. The minimum absolute atomic E-state index is 0.113. The third-order valence-electron chi connectivity index (χ3n) is 3.98. The summed E-state index contributed by atoms with van der Waals surface area (Å²) >= 11 is 0. The molecule has 0 aliphatic heterocycles. The van der Waals surface area contributed by atoms with Gasteiger partial charge in [0.1, 0.15) is 5.57 Å². The molecular formula is C8H14BFO. The molecule has 1 N–H and O–H groups in total. The van der Waals surface area contributed by atoms with Crippen molar-refractivity contribution in [2.24, 2.45) is 11.8 Å². The fraction of sp³-hybridized carbons (Fsp3) is 1.00. The van der Waals surface area contributed by atoms with Crippen molar-refractivity contribution in [1.29, 1.82) is 0 Å². The molecule has 2 saturated carbocycles. The highest BCUT2D eigenvalue weighted by Gasteiger charge is 2.62. The average Bonchev–Trinajstić information content (AvgIpc) is 2.37. The topological polar surface area (TPSA) is 20.2 Å². The predicted octanol–water partition coefficient (Wildman–Crippen LogP) is 0.466. The van der Waals surface area contributed by atoms with E-state index in [1.165, 1.54) is 0 Å². The highest BCUT2D eigenvalue weighted by molar-refractivity contribution is 6.16. The van der Waals surface area contributed by atoms with Crippen LogP contribution in [0.2, 0.25) is 0 Å². The minimum atomic E-state index is -1.34. The number of fused-ring (bicyclic) bond motifs is 2. The van der Waals surface area contributed by atoms with E-state index < -0.39 is 11.2 Å². The maximum atomic E-state index is 13.8. The Morgan fingerprint density at radius 1 is 1.45 bits per heavy atom. The average molecular weight is 156 g/mol. The summed E-state index contributed by atoms with van der Waals surface area (Å²) in [6, 6.07) is 0. The zero-order valence-electron chi connectivity index (χ0n) is 7.10. The second-order valence-corrected chi connectivity index (χ2v) is 4.43. The fourth-order valence-electron chi connectivity index (χ4n) is 2.80. The maximum absolute atomic E-state index is 13.8. The summed E-state index contributed by atoms with van der Waals surface area (Å²) < 4.78 is 13.8. The molecule has 0 radical (unpaired) electrons. The van der Waals surface area contributed by atoms with Gasteiger partial charge in [0.15, 0.2) is 7.85 Å². The van der Waals surface area contributed by atoms with Gasteiger partial charge in [0.2, 0.25) is 0 Å². The van der Waals surface area contributed by atoms with E-state index in [2.05, 4.69) is 0 Å². The van der Waals surface area contributed by atoms with E-state index in [4.69, 9.17) is 0 Å². The molecular weight excluding hydrogens is 142 g/mol. The number of rotatable bonds is 0. The molecule has 4 atom stereocenters. The van der Waals surface area contributed by atoms with E-state index in [1.54, 1.807) is 14.8 Å². The first-order valence-electron chi connectivity index (χ1n) is 4.37. The van der Waals surface area contributed by atoms with Gasteiger partial charge in [-0.3, -0.25) is 4.39 Å². The summed E-state index contributed by atoms with van der Waals surface area (Å²) in [5.74, 6) is 0.324. The van der Waals surface area contributed by atoms with Crippen LogP contribution in [0.25, 0.3) is 0 Å². The highest BCUT2D eigenvalue weighted by Crippen LogP contribution is 2.56. The van der Waals surface area contributed by atoms with Gasteiger partial charge in [0.25, 0.3) is 0 Å². The summed E-state index contributed by atoms with van der Waals surface area (Å²) in [6.07, 6.45) is 2.87. The lowest BCUT2D eigenvalue weighted by Crippen LogP contribution is -2.53. The zero-order chi connectivity index (χ0) is 8.28. The Hall–Kier alpha value is -0.0451. The zero-order valence-corrected chi connectivity index (χ0v) is 7.10. The Bertz CT molecular complexity index is 171. The normalized spacial score (nSPS) is 62.1. The van der Waals surface area contributed by atoms with Crippen LogP contribution in [0.4, 0.5) is 4.39 Å². The lowest BCUT2D eigenvalue weighted by atomic mass is 9.63. The van der Waals surface area contributed by atoms with Gasteiger partial charge in [0, 0.05) is 0 Å². The molecule has 62 valence electrons. The molecule has 0 heterocycles. The fourth-order valence-corrected chi connectivity index (χ4v) is 2.80. The van der Waals surface area contributed by atoms with Crippen molar-refractivity contribution in [2.45, 2.75) is 37.4 Å². The van der Waals surface area contributed by atoms with Gasteiger partial charge < -0.3 is 5.11 Å². The maximum Gasteiger partial charge on any atom is 0.154 e. The molecule has 2 bridgehead atoms. The molecule has 2 fully saturated rings. The van der Waals surface area contributed by atoms with Gasteiger partial charge in [-0.2, -0.15) is 0 Å². The van der Waals surface area contributed by atoms with Crippen LogP contribution in [0, 0.1) is 11.8 Å². The van der Waals surface area contributed by atoms with E-state index in [0.717, 1.165) is 19.3 Å². The first-order chi connectivity index (χ1) is 4.96. The highest BCUT2D eigenvalue weighted by atomic mass is 19.1. The van der Waals surface area contributed by atoms with Crippen molar-refractivity contribution in [1.82, 2.24) is 0 Å². The lowest BCUT2D eigenvalue weighted by Gasteiger charge is -2.40. The van der Waals surface area contributed by atoms with Crippen LogP contribution >= 0.6 is 0 Å². The molecule has 11 heavy (non-hydrogen) atoms. The molecule has 0 spiro atoms. The van der Waals surface area contributed by atoms with E-state index in [1.807, 2.05) is 0 Å². The molecule has 4 unspecified atom stereocenters. The minimum Gasteiger partial charge on any atom is -0.387 e. The summed E-state index contributed by atoms with van der Waals surface area (Å²) in [5.41, 5.74) is -2.40. The lowest BCUT2D eigenvalue weighted by molar-refractivity contribution is -0.0807. The van der Waals surface area contributed by atoms with Crippen LogP contribution in [-0.2, 0) is 0 Å². The number of hydrogen-bond acceptors (Lipinski definition) is 1. The first-order valence-corrected chi connectivity index (χ1v) is 4.37. The monoisotopic (exact) mass is 156 g/mol. The second-order valence-electron chi connectivity index (χ2n) is 4.43. The van der Waals surface area contributed by atoms with E-state index in [-0.39, 0.29) is 11.8 Å². The van der Waals surface area contributed by atoms with Crippen molar-refractivity contribution >= 4 is 7.85 Å². The van der Waals surface area contributed by atoms with E-state index >= 15 is 0 Å². The standard InChI is InChI=1S/C8H14BFO/c1-7(11)5-2-3-6(4-5)8(7,9)10/h5-6,11H,2-4,9H2,1H3. The molecule has 2 aliphatic carbocycles. The van der Waals surface area contributed by atoms with Crippen molar-refractivity contribution in [2.75, 3.05) is 0 Å². The van der Waals surface area contributed by atoms with Crippen molar-refractivity contribution in [3.63, 3.8) is 0 Å². The Morgan fingerprint density at radius 2 is 2.00 bits per heavy atom. The number of halogens is 1.